The molecule has 0 saturated carbocycles. The molecule has 0 fully saturated rings. The molecule has 0 aromatic heterocycles. The summed E-state index contributed by atoms with van der Waals surface area (Å²) in [6.45, 7) is 7.77. The van der Waals surface area contributed by atoms with Gasteiger partial charge in [0.2, 0.25) is 5.91 Å². The van der Waals surface area contributed by atoms with Crippen molar-refractivity contribution in [2.45, 2.75) is 50.6 Å². The summed E-state index contributed by atoms with van der Waals surface area (Å²) in [7, 11) is -2.52. The molecule has 1 N–H and O–H groups in total. The van der Waals surface area contributed by atoms with Crippen molar-refractivity contribution in [2.75, 3.05) is 25.0 Å². The number of benzene rings is 3. The van der Waals surface area contributed by atoms with Crippen LogP contribution in [0.25, 0.3) is 0 Å². The van der Waals surface area contributed by atoms with Gasteiger partial charge in [0.15, 0.2) is 5.82 Å². The molecular weight excluding hydrogens is 507 g/mol. The van der Waals surface area contributed by atoms with Gasteiger partial charge in [0.05, 0.1) is 23.6 Å². The van der Waals surface area contributed by atoms with Crippen molar-refractivity contribution in [3.05, 3.63) is 88.7 Å². The number of nitrogens with one attached hydrogen (secondary N) is 1. The Bertz CT molecular complexity index is 1420. The van der Waals surface area contributed by atoms with Crippen molar-refractivity contribution in [2.24, 2.45) is 0 Å². The number of halogens is 1. The first-order valence-corrected chi connectivity index (χ1v) is 13.9. The van der Waals surface area contributed by atoms with Gasteiger partial charge in [-0.1, -0.05) is 51.1 Å². The summed E-state index contributed by atoms with van der Waals surface area (Å²) in [6.07, 6.45) is 0.273. The second-order valence-electron chi connectivity index (χ2n) is 10.4. The highest BCUT2D eigenvalue weighted by atomic mass is 32.2. The highest BCUT2D eigenvalue weighted by molar-refractivity contribution is 7.92. The Balaban J connectivity index is 1.41. The van der Waals surface area contributed by atoms with Crippen LogP contribution in [-0.4, -0.2) is 39.5 Å². The minimum absolute atomic E-state index is 0.00291. The first kappa shape index (κ1) is 27.6. The largest absolute Gasteiger partial charge is 0.491 e. The highest BCUT2D eigenvalue weighted by Gasteiger charge is 2.26. The van der Waals surface area contributed by atoms with E-state index in [4.69, 9.17) is 9.47 Å². The number of ether oxygens (including phenoxy) is 2. The van der Waals surface area contributed by atoms with E-state index in [2.05, 4.69) is 37.6 Å². The maximum absolute atomic E-state index is 14.5. The van der Waals surface area contributed by atoms with Crippen molar-refractivity contribution in [1.82, 2.24) is 4.90 Å². The zero-order valence-electron chi connectivity index (χ0n) is 22.1. The summed E-state index contributed by atoms with van der Waals surface area (Å²) < 4.78 is 53.1. The van der Waals surface area contributed by atoms with Crippen molar-refractivity contribution in [1.29, 1.82) is 0 Å². The molecule has 1 aliphatic heterocycles. The molecule has 0 atom stereocenters. The van der Waals surface area contributed by atoms with Gasteiger partial charge in [-0.15, -0.1) is 0 Å². The number of carbonyl (C=O) groups excluding carboxylic acids is 1. The van der Waals surface area contributed by atoms with Crippen LogP contribution in [0.4, 0.5) is 10.1 Å². The Labute approximate surface area is 223 Å². The number of methoxy groups -OCH3 is 1. The molecule has 0 spiro atoms. The topological polar surface area (TPSA) is 84.9 Å². The van der Waals surface area contributed by atoms with E-state index >= 15 is 0 Å². The van der Waals surface area contributed by atoms with Crippen LogP contribution in [0.5, 0.6) is 5.75 Å². The lowest BCUT2D eigenvalue weighted by Crippen LogP contribution is -2.26. The van der Waals surface area contributed by atoms with Gasteiger partial charge in [-0.25, -0.2) is 12.8 Å². The summed E-state index contributed by atoms with van der Waals surface area (Å²) in [5.41, 5.74) is 3.65. The van der Waals surface area contributed by atoms with Crippen LogP contribution in [0.15, 0.2) is 65.6 Å². The molecule has 0 unspecified atom stereocenters. The fourth-order valence-corrected chi connectivity index (χ4v) is 5.36. The van der Waals surface area contributed by atoms with Gasteiger partial charge in [0.1, 0.15) is 12.4 Å². The van der Waals surface area contributed by atoms with Crippen LogP contribution in [0.1, 0.15) is 43.0 Å². The van der Waals surface area contributed by atoms with Gasteiger partial charge in [-0.2, -0.15) is 0 Å². The van der Waals surface area contributed by atoms with Crippen molar-refractivity contribution in [3.63, 3.8) is 0 Å². The maximum Gasteiger partial charge on any atom is 0.261 e. The van der Waals surface area contributed by atoms with Gasteiger partial charge in [-0.3, -0.25) is 9.52 Å². The number of carbonyl (C=O) groups is 1. The van der Waals surface area contributed by atoms with Crippen LogP contribution < -0.4 is 9.46 Å². The number of fused-ring (bicyclic) bond motifs is 1. The third-order valence-corrected chi connectivity index (χ3v) is 7.84. The average molecular weight is 541 g/mol. The first-order valence-electron chi connectivity index (χ1n) is 12.4. The van der Waals surface area contributed by atoms with E-state index in [0.29, 0.717) is 19.7 Å². The fourth-order valence-electron chi connectivity index (χ4n) is 4.24. The molecule has 0 aliphatic carbocycles. The minimum Gasteiger partial charge on any atom is -0.491 e. The molecule has 4 rings (SSSR count). The van der Waals surface area contributed by atoms with E-state index in [0.717, 1.165) is 22.8 Å². The molecule has 0 bridgehead atoms. The number of rotatable bonds is 9. The van der Waals surface area contributed by atoms with Gasteiger partial charge < -0.3 is 14.4 Å². The van der Waals surface area contributed by atoms with Crippen LogP contribution in [0.3, 0.4) is 0 Å². The van der Waals surface area contributed by atoms with E-state index < -0.39 is 15.8 Å². The Kier molecular flexibility index (Phi) is 8.08. The van der Waals surface area contributed by atoms with Gasteiger partial charge >= 0.3 is 0 Å². The monoisotopic (exact) mass is 540 g/mol. The molecule has 3 aromatic carbocycles. The average Bonchev–Trinajstić information content (AvgIpc) is 3.29. The molecule has 1 aliphatic rings. The minimum atomic E-state index is -4.05. The predicted molar refractivity (Wildman–Crippen MR) is 144 cm³/mol. The lowest BCUT2D eigenvalue weighted by molar-refractivity contribution is -0.131. The Hall–Kier alpha value is -3.43. The molecule has 9 heteroatoms. The van der Waals surface area contributed by atoms with Crippen molar-refractivity contribution >= 4 is 21.6 Å². The third kappa shape index (κ3) is 6.52. The standard InChI is InChI=1S/C29H33FN2O5S/c1-29(2,3)23-8-5-20(6-9-23)15-28(33)32-18-21-7-11-25(16-22(21)19-32)38(34,35)31-27-12-10-24(17-26(27)30)37-14-13-36-4/h5-12,16-17,31H,13-15,18-19H2,1-4H3. The smallest absolute Gasteiger partial charge is 0.261 e. The van der Waals surface area contributed by atoms with E-state index in [1.807, 2.05) is 12.1 Å². The van der Waals surface area contributed by atoms with E-state index in [9.17, 15) is 17.6 Å². The summed E-state index contributed by atoms with van der Waals surface area (Å²) in [5, 5.41) is 0. The number of anilines is 1. The first-order chi connectivity index (χ1) is 18.0. The quantitative estimate of drug-likeness (QED) is 0.385. The number of sulfonamides is 1. The van der Waals surface area contributed by atoms with E-state index in [-0.39, 0.29) is 40.7 Å². The SMILES string of the molecule is COCCOc1ccc(NS(=O)(=O)c2ccc3c(c2)CN(C(=O)Cc2ccc(C(C)(C)C)cc2)C3)c(F)c1. The van der Waals surface area contributed by atoms with E-state index in [1.54, 1.807) is 17.0 Å². The molecule has 1 heterocycles. The van der Waals surface area contributed by atoms with Crippen LogP contribution in [0.2, 0.25) is 0 Å². The molecule has 38 heavy (non-hydrogen) atoms. The molecule has 7 nitrogen and oxygen atoms in total. The van der Waals surface area contributed by atoms with Crippen LogP contribution >= 0.6 is 0 Å². The lowest BCUT2D eigenvalue weighted by atomic mass is 9.86. The number of nitrogens with zero attached hydrogens (tertiary/aromatic N) is 1. The van der Waals surface area contributed by atoms with Crippen LogP contribution in [0, 0.1) is 5.82 Å². The zero-order chi connectivity index (χ0) is 27.5. The summed E-state index contributed by atoms with van der Waals surface area (Å²) in [6, 6.07) is 16.7. The summed E-state index contributed by atoms with van der Waals surface area (Å²) >= 11 is 0. The maximum atomic E-state index is 14.5. The summed E-state index contributed by atoms with van der Waals surface area (Å²) in [5.74, 6) is -0.506. The molecule has 3 aromatic rings. The van der Waals surface area contributed by atoms with Crippen molar-refractivity contribution in [3.8, 4) is 5.75 Å². The van der Waals surface area contributed by atoms with Gasteiger partial charge in [0.25, 0.3) is 10.0 Å². The van der Waals surface area contributed by atoms with E-state index in [1.165, 1.54) is 30.9 Å². The molecular formula is C29H33FN2O5S. The lowest BCUT2D eigenvalue weighted by Gasteiger charge is -2.19. The van der Waals surface area contributed by atoms with Crippen molar-refractivity contribution < 1.29 is 27.1 Å². The summed E-state index contributed by atoms with van der Waals surface area (Å²) in [4.78, 5) is 14.7. The Morgan fingerprint density at radius 3 is 2.34 bits per heavy atom. The third-order valence-electron chi connectivity index (χ3n) is 6.48. The molecule has 1 amide bonds. The number of hydrogen-bond donors (Lipinski definition) is 1. The Morgan fingerprint density at radius 2 is 1.68 bits per heavy atom. The normalized spacial score (nSPS) is 13.3. The van der Waals surface area contributed by atoms with Crippen LogP contribution in [-0.2, 0) is 44.5 Å². The molecule has 202 valence electrons. The number of hydrogen-bond acceptors (Lipinski definition) is 5. The Morgan fingerprint density at radius 1 is 0.974 bits per heavy atom. The molecule has 0 saturated heterocycles. The van der Waals surface area contributed by atoms with Gasteiger partial charge in [0, 0.05) is 26.3 Å². The second-order valence-corrected chi connectivity index (χ2v) is 12.1. The predicted octanol–water partition coefficient (Wildman–Crippen LogP) is 5.03. The molecule has 0 radical (unpaired) electrons. The zero-order valence-corrected chi connectivity index (χ0v) is 22.9. The van der Waals surface area contributed by atoms with Gasteiger partial charge in [-0.05, 0) is 51.9 Å². The second kappa shape index (κ2) is 11.1. The number of amides is 1. The fraction of sp³-hybridized carbons (Fsp3) is 0.345. The highest BCUT2D eigenvalue weighted by Crippen LogP contribution is 2.29.